The van der Waals surface area contributed by atoms with Crippen LogP contribution in [-0.4, -0.2) is 46.6 Å². The van der Waals surface area contributed by atoms with Crippen LogP contribution >= 0.6 is 0 Å². The molecule has 2 heterocycles. The molecule has 0 aliphatic rings. The molecule has 0 amide bonds. The van der Waals surface area contributed by atoms with E-state index in [2.05, 4.69) is 9.97 Å². The molecule has 2 aromatic heterocycles. The molecular formula is C23H27N3O5. The van der Waals surface area contributed by atoms with Crippen molar-refractivity contribution >= 4 is 22.7 Å². The Hall–Kier alpha value is -3.26. The van der Waals surface area contributed by atoms with Gasteiger partial charge in [0.05, 0.1) is 30.0 Å². The number of nitrogens with one attached hydrogen (secondary N) is 1. The number of aromatic nitrogens is 3. The number of Topliss-reactive ketones (excluding diaryl/α,β-unsaturated/α-hetero) is 1. The molecule has 1 aromatic carbocycles. The third-order valence-corrected chi connectivity index (χ3v) is 5.23. The van der Waals surface area contributed by atoms with Gasteiger partial charge in [0.15, 0.2) is 6.61 Å². The molecule has 0 fully saturated rings. The first-order valence-corrected chi connectivity index (χ1v) is 10.2. The number of H-pyrrole nitrogens is 1. The summed E-state index contributed by atoms with van der Waals surface area (Å²) in [5.74, 6) is -0.372. The summed E-state index contributed by atoms with van der Waals surface area (Å²) in [5, 5.41) is 0.497. The number of ether oxygens (including phenoxy) is 2. The predicted octanol–water partition coefficient (Wildman–Crippen LogP) is 2.91. The summed E-state index contributed by atoms with van der Waals surface area (Å²) in [6, 6.07) is 8.90. The summed E-state index contributed by atoms with van der Waals surface area (Å²) >= 11 is 0. The average molecular weight is 425 g/mol. The van der Waals surface area contributed by atoms with Crippen molar-refractivity contribution in [3.8, 4) is 0 Å². The van der Waals surface area contributed by atoms with E-state index in [1.165, 1.54) is 0 Å². The van der Waals surface area contributed by atoms with E-state index >= 15 is 0 Å². The smallest absolute Gasteiger partial charge is 0.306 e. The van der Waals surface area contributed by atoms with Crippen molar-refractivity contribution in [2.24, 2.45) is 0 Å². The van der Waals surface area contributed by atoms with E-state index in [4.69, 9.17) is 9.47 Å². The van der Waals surface area contributed by atoms with Crippen LogP contribution in [0.1, 0.15) is 47.0 Å². The highest BCUT2D eigenvalue weighted by Crippen LogP contribution is 2.21. The Morgan fingerprint density at radius 2 is 1.97 bits per heavy atom. The van der Waals surface area contributed by atoms with Gasteiger partial charge in [-0.25, -0.2) is 4.98 Å². The molecule has 0 spiro atoms. The number of nitrogens with zero attached hydrogens (tertiary/aromatic N) is 2. The maximum Gasteiger partial charge on any atom is 0.306 e. The Labute approximate surface area is 180 Å². The number of benzene rings is 1. The minimum absolute atomic E-state index is 0.0124. The van der Waals surface area contributed by atoms with Crippen LogP contribution in [-0.2, 0) is 20.7 Å². The van der Waals surface area contributed by atoms with E-state index in [9.17, 15) is 14.4 Å². The van der Waals surface area contributed by atoms with Gasteiger partial charge in [0.25, 0.3) is 5.56 Å². The van der Waals surface area contributed by atoms with Crippen LogP contribution in [0.5, 0.6) is 0 Å². The van der Waals surface area contributed by atoms with Crippen LogP contribution in [0.15, 0.2) is 35.1 Å². The highest BCUT2D eigenvalue weighted by Gasteiger charge is 2.20. The minimum Gasteiger partial charge on any atom is -0.457 e. The summed E-state index contributed by atoms with van der Waals surface area (Å²) in [5.41, 5.74) is 2.63. The minimum atomic E-state index is -0.522. The molecule has 0 unspecified atom stereocenters. The van der Waals surface area contributed by atoms with Gasteiger partial charge in [-0.05, 0) is 39.0 Å². The summed E-state index contributed by atoms with van der Waals surface area (Å²) in [6.45, 7) is 6.02. The van der Waals surface area contributed by atoms with Gasteiger partial charge in [0, 0.05) is 30.5 Å². The first-order chi connectivity index (χ1) is 14.8. The molecule has 1 atom stereocenters. The number of carbonyl (C=O) groups excluding carboxylic acids is 2. The second-order valence-corrected chi connectivity index (χ2v) is 7.57. The molecule has 0 bridgehead atoms. The SMILES string of the molecule is COC[C@H](C)n1c(C)cc(C(=O)COC(=O)CCc2nc3ccccc3c(=O)[nH]2)c1C. The fraction of sp³-hybridized carbons (Fsp3) is 0.391. The van der Waals surface area contributed by atoms with Crippen molar-refractivity contribution in [2.75, 3.05) is 20.3 Å². The van der Waals surface area contributed by atoms with Crippen molar-refractivity contribution in [3.05, 3.63) is 63.5 Å². The Morgan fingerprint density at radius 3 is 2.71 bits per heavy atom. The molecule has 8 heteroatoms. The molecule has 31 heavy (non-hydrogen) atoms. The van der Waals surface area contributed by atoms with E-state index in [1.54, 1.807) is 37.4 Å². The van der Waals surface area contributed by atoms with Crippen molar-refractivity contribution in [1.29, 1.82) is 0 Å². The third-order valence-electron chi connectivity index (χ3n) is 5.23. The lowest BCUT2D eigenvalue weighted by Crippen LogP contribution is -2.18. The molecule has 0 aliphatic carbocycles. The van der Waals surface area contributed by atoms with Crippen LogP contribution in [0.4, 0.5) is 0 Å². The van der Waals surface area contributed by atoms with Gasteiger partial charge in [0.2, 0.25) is 5.78 Å². The van der Waals surface area contributed by atoms with Crippen LogP contribution in [0.3, 0.4) is 0 Å². The van der Waals surface area contributed by atoms with Gasteiger partial charge in [0.1, 0.15) is 5.82 Å². The second kappa shape index (κ2) is 9.70. The van der Waals surface area contributed by atoms with E-state index in [0.717, 1.165) is 11.4 Å². The van der Waals surface area contributed by atoms with Gasteiger partial charge in [-0.2, -0.15) is 0 Å². The number of aryl methyl sites for hydroxylation is 2. The van der Waals surface area contributed by atoms with E-state index in [0.29, 0.717) is 28.9 Å². The molecule has 0 aliphatic heterocycles. The quantitative estimate of drug-likeness (QED) is 0.418. The highest BCUT2D eigenvalue weighted by molar-refractivity contribution is 5.99. The van der Waals surface area contributed by atoms with Crippen LogP contribution < -0.4 is 5.56 Å². The number of methoxy groups -OCH3 is 1. The fourth-order valence-corrected chi connectivity index (χ4v) is 3.82. The zero-order chi connectivity index (χ0) is 22.5. The van der Waals surface area contributed by atoms with Crippen molar-refractivity contribution in [3.63, 3.8) is 0 Å². The number of ketones is 1. The van der Waals surface area contributed by atoms with Gasteiger partial charge >= 0.3 is 5.97 Å². The van der Waals surface area contributed by atoms with Gasteiger partial charge in [-0.1, -0.05) is 12.1 Å². The van der Waals surface area contributed by atoms with E-state index in [1.807, 2.05) is 25.3 Å². The fourth-order valence-electron chi connectivity index (χ4n) is 3.82. The van der Waals surface area contributed by atoms with Gasteiger partial charge in [-0.15, -0.1) is 0 Å². The molecule has 3 rings (SSSR count). The lowest BCUT2D eigenvalue weighted by Gasteiger charge is -2.17. The number of carbonyl (C=O) groups is 2. The van der Waals surface area contributed by atoms with Crippen molar-refractivity contribution in [2.45, 2.75) is 39.7 Å². The zero-order valence-corrected chi connectivity index (χ0v) is 18.2. The molecule has 164 valence electrons. The number of esters is 1. The van der Waals surface area contributed by atoms with Gasteiger partial charge < -0.3 is 19.0 Å². The maximum atomic E-state index is 12.6. The molecule has 3 aromatic rings. The Balaban J connectivity index is 1.58. The average Bonchev–Trinajstić information content (AvgIpc) is 3.04. The lowest BCUT2D eigenvalue weighted by molar-refractivity contribution is -0.142. The maximum absolute atomic E-state index is 12.6. The van der Waals surface area contributed by atoms with Gasteiger partial charge in [-0.3, -0.25) is 14.4 Å². The number of fused-ring (bicyclic) bond motifs is 1. The van der Waals surface area contributed by atoms with Crippen molar-refractivity contribution < 1.29 is 19.1 Å². The second-order valence-electron chi connectivity index (χ2n) is 7.57. The van der Waals surface area contributed by atoms with E-state index < -0.39 is 5.97 Å². The predicted molar refractivity (Wildman–Crippen MR) is 116 cm³/mol. The molecule has 8 nitrogen and oxygen atoms in total. The number of para-hydroxylation sites is 1. The standard InChI is InChI=1S/C23H27N3O5/c1-14-11-18(16(3)26(14)15(2)12-30-4)20(27)13-31-22(28)10-9-21-24-19-8-6-5-7-17(19)23(29)25-21/h5-8,11,15H,9-10,12-13H2,1-4H3,(H,24,25,29)/t15-/m0/s1. The number of aromatic amines is 1. The monoisotopic (exact) mass is 425 g/mol. The van der Waals surface area contributed by atoms with Crippen LogP contribution in [0.25, 0.3) is 10.9 Å². The van der Waals surface area contributed by atoms with Crippen molar-refractivity contribution in [1.82, 2.24) is 14.5 Å². The lowest BCUT2D eigenvalue weighted by atomic mass is 10.1. The summed E-state index contributed by atoms with van der Waals surface area (Å²) in [7, 11) is 1.64. The Bertz CT molecular complexity index is 1160. The normalized spacial score (nSPS) is 12.1. The van der Waals surface area contributed by atoms with Crippen LogP contribution in [0, 0.1) is 13.8 Å². The number of hydrogen-bond donors (Lipinski definition) is 1. The highest BCUT2D eigenvalue weighted by atomic mass is 16.5. The largest absolute Gasteiger partial charge is 0.457 e. The molecule has 1 N–H and O–H groups in total. The van der Waals surface area contributed by atoms with E-state index in [-0.39, 0.29) is 36.8 Å². The third kappa shape index (κ3) is 5.08. The summed E-state index contributed by atoms with van der Waals surface area (Å²) in [6.07, 6.45) is 0.231. The molecule has 0 saturated carbocycles. The first-order valence-electron chi connectivity index (χ1n) is 10.2. The van der Waals surface area contributed by atoms with Crippen LogP contribution in [0.2, 0.25) is 0 Å². The Morgan fingerprint density at radius 1 is 1.23 bits per heavy atom. The number of hydrogen-bond acceptors (Lipinski definition) is 6. The molecule has 0 radical (unpaired) electrons. The topological polar surface area (TPSA) is 103 Å². The first kappa shape index (κ1) is 22.4. The summed E-state index contributed by atoms with van der Waals surface area (Å²) < 4.78 is 12.4. The summed E-state index contributed by atoms with van der Waals surface area (Å²) in [4.78, 5) is 43.9. The Kier molecular flexibility index (Phi) is 7.02. The number of rotatable bonds is 9. The molecule has 0 saturated heterocycles. The molecular weight excluding hydrogens is 398 g/mol. The zero-order valence-electron chi connectivity index (χ0n) is 18.2.